The minimum atomic E-state index is 0.611. The first-order chi connectivity index (χ1) is 12.2. The summed E-state index contributed by atoms with van der Waals surface area (Å²) in [6.07, 6.45) is 8.50. The molecule has 1 atom stereocenters. The topological polar surface area (TPSA) is 18.5 Å². The maximum Gasteiger partial charge on any atom is 0.0481 e. The molecule has 2 aliphatic carbocycles. The van der Waals surface area contributed by atoms with Crippen LogP contribution in [-0.4, -0.2) is 55.6 Å². The summed E-state index contributed by atoms with van der Waals surface area (Å²) in [6.45, 7) is 6.16. The minimum absolute atomic E-state index is 0.611. The van der Waals surface area contributed by atoms with Crippen molar-refractivity contribution in [1.82, 2.24) is 15.1 Å². The number of nitrogens with zero attached hydrogens (tertiary/aromatic N) is 2. The first kappa shape index (κ1) is 16.3. The van der Waals surface area contributed by atoms with Crippen LogP contribution in [0.1, 0.15) is 61.6 Å². The average molecular weight is 340 g/mol. The minimum Gasteiger partial charge on any atom is -0.317 e. The number of likely N-dealkylation sites (N-methyl/N-ethyl adjacent to an activating group) is 1. The predicted molar refractivity (Wildman–Crippen MR) is 103 cm³/mol. The Labute approximate surface area is 152 Å². The lowest BCUT2D eigenvalue weighted by molar-refractivity contribution is -0.0607. The van der Waals surface area contributed by atoms with Gasteiger partial charge in [0.25, 0.3) is 0 Å². The third-order valence-electron chi connectivity index (χ3n) is 7.47. The van der Waals surface area contributed by atoms with Gasteiger partial charge >= 0.3 is 0 Å². The zero-order valence-corrected chi connectivity index (χ0v) is 15.7. The van der Waals surface area contributed by atoms with Crippen LogP contribution in [-0.2, 0) is 0 Å². The van der Waals surface area contributed by atoms with Gasteiger partial charge in [0.1, 0.15) is 0 Å². The lowest BCUT2D eigenvalue weighted by atomic mass is 9.60. The Bertz CT molecular complexity index is 609. The third-order valence-corrected chi connectivity index (χ3v) is 7.47. The van der Waals surface area contributed by atoms with E-state index in [0.29, 0.717) is 11.5 Å². The van der Waals surface area contributed by atoms with Crippen molar-refractivity contribution in [3.63, 3.8) is 0 Å². The number of hydrogen-bond donors (Lipinski definition) is 1. The molecule has 2 heterocycles. The highest BCUT2D eigenvalue weighted by Crippen LogP contribution is 2.52. The quantitative estimate of drug-likeness (QED) is 0.911. The monoisotopic (exact) mass is 339 g/mol. The van der Waals surface area contributed by atoms with Crippen molar-refractivity contribution in [1.29, 1.82) is 0 Å². The molecule has 136 valence electrons. The lowest BCUT2D eigenvalue weighted by Gasteiger charge is -2.57. The fourth-order valence-electron chi connectivity index (χ4n) is 5.77. The molecule has 1 N–H and O–H groups in total. The van der Waals surface area contributed by atoms with Crippen LogP contribution in [0, 0.1) is 5.41 Å². The molecule has 1 spiro atoms. The molecule has 2 saturated heterocycles. The van der Waals surface area contributed by atoms with E-state index < -0.39 is 0 Å². The first-order valence-electron chi connectivity index (χ1n) is 10.5. The molecule has 5 rings (SSSR count). The van der Waals surface area contributed by atoms with E-state index >= 15 is 0 Å². The Hall–Kier alpha value is -0.900. The molecule has 0 bridgehead atoms. The summed E-state index contributed by atoms with van der Waals surface area (Å²) in [5.41, 5.74) is 3.98. The van der Waals surface area contributed by atoms with Crippen LogP contribution in [0.15, 0.2) is 24.3 Å². The van der Waals surface area contributed by atoms with Crippen LogP contribution in [0.5, 0.6) is 0 Å². The fraction of sp³-hybridized carbons (Fsp3) is 0.727. The maximum atomic E-state index is 3.55. The van der Waals surface area contributed by atoms with Crippen molar-refractivity contribution in [2.75, 3.05) is 39.8 Å². The van der Waals surface area contributed by atoms with Crippen LogP contribution >= 0.6 is 0 Å². The molecule has 3 nitrogen and oxygen atoms in total. The van der Waals surface area contributed by atoms with Crippen molar-refractivity contribution >= 4 is 0 Å². The Morgan fingerprint density at radius 2 is 1.72 bits per heavy atom. The Kier molecular flexibility index (Phi) is 4.15. The molecule has 4 fully saturated rings. The molecule has 1 aromatic rings. The van der Waals surface area contributed by atoms with Crippen molar-refractivity contribution < 1.29 is 0 Å². The summed E-state index contributed by atoms with van der Waals surface area (Å²) in [5, 5.41) is 3.55. The van der Waals surface area contributed by atoms with Gasteiger partial charge in [0.2, 0.25) is 0 Å². The molecule has 4 aliphatic rings. The van der Waals surface area contributed by atoms with Gasteiger partial charge in [0, 0.05) is 31.7 Å². The lowest BCUT2D eigenvalue weighted by Crippen LogP contribution is -2.59. The van der Waals surface area contributed by atoms with Crippen molar-refractivity contribution in [3.05, 3.63) is 35.4 Å². The summed E-state index contributed by atoms with van der Waals surface area (Å²) < 4.78 is 0. The summed E-state index contributed by atoms with van der Waals surface area (Å²) in [5.74, 6) is 0.849. The van der Waals surface area contributed by atoms with Crippen molar-refractivity contribution in [3.8, 4) is 0 Å². The maximum absolute atomic E-state index is 3.55. The number of piperazine rings is 1. The largest absolute Gasteiger partial charge is 0.317 e. The smallest absolute Gasteiger partial charge is 0.0481 e. The molecule has 2 saturated carbocycles. The molecule has 1 aromatic carbocycles. The molecule has 0 unspecified atom stereocenters. The Morgan fingerprint density at radius 3 is 2.44 bits per heavy atom. The van der Waals surface area contributed by atoms with E-state index in [-0.39, 0.29) is 0 Å². The zero-order chi connectivity index (χ0) is 16.9. The summed E-state index contributed by atoms with van der Waals surface area (Å²) >= 11 is 0. The number of piperidine rings is 1. The van der Waals surface area contributed by atoms with E-state index in [1.807, 2.05) is 0 Å². The van der Waals surface area contributed by atoms with Gasteiger partial charge < -0.3 is 10.2 Å². The van der Waals surface area contributed by atoms with Gasteiger partial charge in [-0.3, -0.25) is 4.90 Å². The third kappa shape index (κ3) is 3.05. The first-order valence-corrected chi connectivity index (χ1v) is 10.5. The second-order valence-electron chi connectivity index (χ2n) is 9.23. The van der Waals surface area contributed by atoms with Gasteiger partial charge in [-0.15, -0.1) is 0 Å². The summed E-state index contributed by atoms with van der Waals surface area (Å²) in [6, 6.07) is 10.8. The zero-order valence-electron chi connectivity index (χ0n) is 15.7. The van der Waals surface area contributed by atoms with E-state index in [4.69, 9.17) is 0 Å². The molecule has 0 aromatic heterocycles. The second-order valence-corrected chi connectivity index (χ2v) is 9.23. The van der Waals surface area contributed by atoms with Crippen LogP contribution in [0.4, 0.5) is 0 Å². The fourth-order valence-corrected chi connectivity index (χ4v) is 5.77. The molecule has 3 heteroatoms. The van der Waals surface area contributed by atoms with Gasteiger partial charge in [0.05, 0.1) is 0 Å². The van der Waals surface area contributed by atoms with Gasteiger partial charge in [-0.2, -0.15) is 0 Å². The highest BCUT2D eigenvalue weighted by molar-refractivity contribution is 5.36. The van der Waals surface area contributed by atoms with E-state index in [0.717, 1.165) is 12.0 Å². The summed E-state index contributed by atoms with van der Waals surface area (Å²) in [7, 11) is 2.30. The second kappa shape index (κ2) is 6.37. The van der Waals surface area contributed by atoms with E-state index in [1.165, 1.54) is 71.2 Å². The molecular formula is C22H33N3. The number of rotatable bonds is 3. The molecular weight excluding hydrogens is 306 g/mol. The van der Waals surface area contributed by atoms with Gasteiger partial charge in [-0.1, -0.05) is 24.3 Å². The SMILES string of the molecule is CN1CCN(C2CC3(CCNCC3)C2)[C@@H](c2ccccc2C2CC2)C1. The van der Waals surface area contributed by atoms with Gasteiger partial charge in [0.15, 0.2) is 0 Å². The average Bonchev–Trinajstić information content (AvgIpc) is 3.45. The van der Waals surface area contributed by atoms with Gasteiger partial charge in [-0.25, -0.2) is 0 Å². The van der Waals surface area contributed by atoms with Gasteiger partial charge in [-0.05, 0) is 81.1 Å². The molecule has 25 heavy (non-hydrogen) atoms. The standard InChI is InChI=1S/C22H33N3/c1-24-12-13-25(18-14-22(15-18)8-10-23-11-9-22)21(16-24)20-5-3-2-4-19(20)17-6-7-17/h2-5,17-18,21,23H,6-16H2,1H3/t21-/m1/s1. The number of nitrogens with one attached hydrogen (secondary N) is 1. The van der Waals surface area contributed by atoms with Crippen LogP contribution in [0.2, 0.25) is 0 Å². The highest BCUT2D eigenvalue weighted by Gasteiger charge is 2.49. The van der Waals surface area contributed by atoms with E-state index in [9.17, 15) is 0 Å². The van der Waals surface area contributed by atoms with Crippen LogP contribution < -0.4 is 5.32 Å². The normalized spacial score (nSPS) is 31.2. The number of benzene rings is 1. The number of hydrogen-bond acceptors (Lipinski definition) is 3. The molecule has 0 amide bonds. The van der Waals surface area contributed by atoms with E-state index in [2.05, 4.69) is 46.4 Å². The van der Waals surface area contributed by atoms with Crippen LogP contribution in [0.25, 0.3) is 0 Å². The highest BCUT2D eigenvalue weighted by atomic mass is 15.3. The van der Waals surface area contributed by atoms with Crippen LogP contribution in [0.3, 0.4) is 0 Å². The summed E-state index contributed by atoms with van der Waals surface area (Å²) in [4.78, 5) is 5.44. The Morgan fingerprint density at radius 1 is 1.00 bits per heavy atom. The molecule has 0 radical (unpaired) electrons. The van der Waals surface area contributed by atoms with Crippen molar-refractivity contribution in [2.24, 2.45) is 5.41 Å². The van der Waals surface area contributed by atoms with Crippen molar-refractivity contribution in [2.45, 2.75) is 56.5 Å². The predicted octanol–water partition coefficient (Wildman–Crippen LogP) is 3.38. The Balaban J connectivity index is 1.37. The van der Waals surface area contributed by atoms with E-state index in [1.54, 1.807) is 11.1 Å². The molecule has 2 aliphatic heterocycles.